The van der Waals surface area contributed by atoms with Crippen LogP contribution < -0.4 is 10.0 Å². The van der Waals surface area contributed by atoms with E-state index in [-0.39, 0.29) is 16.6 Å². The Morgan fingerprint density at radius 3 is 2.53 bits per heavy atom. The highest BCUT2D eigenvalue weighted by Gasteiger charge is 2.22. The molecule has 104 valence electrons. The third kappa shape index (κ3) is 3.49. The Hall–Kier alpha value is -1.51. The molecule has 0 radical (unpaired) electrons. The molecular formula is C11H15N3O4S. The summed E-state index contributed by atoms with van der Waals surface area (Å²) in [5.74, 6) is 0. The van der Waals surface area contributed by atoms with Gasteiger partial charge in [-0.1, -0.05) is 0 Å². The lowest BCUT2D eigenvalue weighted by molar-refractivity contribution is -0.384. The smallest absolute Gasteiger partial charge is 0.269 e. The molecule has 8 heteroatoms. The highest BCUT2D eigenvalue weighted by molar-refractivity contribution is 7.89. The van der Waals surface area contributed by atoms with Crippen molar-refractivity contribution in [2.45, 2.75) is 23.8 Å². The summed E-state index contributed by atoms with van der Waals surface area (Å²) in [5, 5.41) is 13.6. The molecule has 0 bridgehead atoms. The van der Waals surface area contributed by atoms with Crippen molar-refractivity contribution >= 4 is 15.7 Å². The van der Waals surface area contributed by atoms with E-state index in [1.54, 1.807) is 0 Å². The third-order valence-corrected chi connectivity index (χ3v) is 4.51. The maximum absolute atomic E-state index is 12.1. The van der Waals surface area contributed by atoms with Gasteiger partial charge in [0.15, 0.2) is 0 Å². The van der Waals surface area contributed by atoms with E-state index in [9.17, 15) is 18.5 Å². The van der Waals surface area contributed by atoms with Gasteiger partial charge in [-0.3, -0.25) is 10.1 Å². The standard InChI is InChI=1S/C11H15N3O4S/c15-14(16)10-3-5-11(6-4-10)19(17,18)13-9-2-1-7-12-8-9/h3-6,9,12-13H,1-2,7-8H2. The molecule has 0 aromatic heterocycles. The van der Waals surface area contributed by atoms with Gasteiger partial charge in [0.05, 0.1) is 9.82 Å². The molecule has 0 amide bonds. The molecule has 0 aliphatic carbocycles. The van der Waals surface area contributed by atoms with E-state index in [2.05, 4.69) is 10.0 Å². The Bertz CT molecular complexity index is 550. The molecule has 1 heterocycles. The van der Waals surface area contributed by atoms with Crippen molar-refractivity contribution in [1.82, 2.24) is 10.0 Å². The zero-order valence-electron chi connectivity index (χ0n) is 10.2. The summed E-state index contributed by atoms with van der Waals surface area (Å²) in [6, 6.07) is 4.74. The lowest BCUT2D eigenvalue weighted by Crippen LogP contribution is -2.45. The fourth-order valence-corrected chi connectivity index (χ4v) is 3.26. The highest BCUT2D eigenvalue weighted by Crippen LogP contribution is 2.16. The Morgan fingerprint density at radius 1 is 1.32 bits per heavy atom. The minimum atomic E-state index is -3.61. The molecule has 1 aromatic carbocycles. The van der Waals surface area contributed by atoms with E-state index in [4.69, 9.17) is 0 Å². The largest absolute Gasteiger partial charge is 0.315 e. The maximum atomic E-state index is 12.1. The summed E-state index contributed by atoms with van der Waals surface area (Å²) >= 11 is 0. The fraction of sp³-hybridized carbons (Fsp3) is 0.455. The first-order valence-electron chi connectivity index (χ1n) is 5.96. The maximum Gasteiger partial charge on any atom is 0.269 e. The van der Waals surface area contributed by atoms with Gasteiger partial charge < -0.3 is 5.32 Å². The van der Waals surface area contributed by atoms with Crippen LogP contribution in [-0.4, -0.2) is 32.5 Å². The van der Waals surface area contributed by atoms with Crippen molar-refractivity contribution in [3.8, 4) is 0 Å². The number of piperidine rings is 1. The summed E-state index contributed by atoms with van der Waals surface area (Å²) in [7, 11) is -3.61. The average Bonchev–Trinajstić information content (AvgIpc) is 2.39. The molecule has 1 aliphatic heterocycles. The lowest BCUT2D eigenvalue weighted by Gasteiger charge is -2.23. The minimum absolute atomic E-state index is 0.0451. The molecule has 1 aliphatic rings. The van der Waals surface area contributed by atoms with Gasteiger partial charge in [-0.25, -0.2) is 13.1 Å². The number of nitrogens with one attached hydrogen (secondary N) is 2. The molecule has 1 unspecified atom stereocenters. The first-order valence-corrected chi connectivity index (χ1v) is 7.45. The van der Waals surface area contributed by atoms with Crippen LogP contribution in [0.3, 0.4) is 0 Å². The quantitative estimate of drug-likeness (QED) is 0.624. The lowest BCUT2D eigenvalue weighted by atomic mass is 10.1. The normalized spacial score (nSPS) is 20.1. The Kier molecular flexibility index (Phi) is 4.13. The number of hydrogen-bond donors (Lipinski definition) is 2. The first kappa shape index (κ1) is 13.9. The number of nitrogens with zero attached hydrogens (tertiary/aromatic N) is 1. The minimum Gasteiger partial charge on any atom is -0.315 e. The predicted octanol–water partition coefficient (Wildman–Crippen LogP) is 0.625. The van der Waals surface area contributed by atoms with E-state index in [0.29, 0.717) is 6.54 Å². The van der Waals surface area contributed by atoms with E-state index >= 15 is 0 Å². The van der Waals surface area contributed by atoms with Gasteiger partial charge in [0.25, 0.3) is 5.69 Å². The van der Waals surface area contributed by atoms with Gasteiger partial charge in [-0.2, -0.15) is 0 Å². The Balaban J connectivity index is 2.12. The number of benzene rings is 1. The van der Waals surface area contributed by atoms with Crippen molar-refractivity contribution < 1.29 is 13.3 Å². The topological polar surface area (TPSA) is 101 Å². The zero-order valence-corrected chi connectivity index (χ0v) is 11.0. The fourth-order valence-electron chi connectivity index (χ4n) is 1.99. The van der Waals surface area contributed by atoms with Crippen LogP contribution in [0, 0.1) is 10.1 Å². The molecule has 19 heavy (non-hydrogen) atoms. The highest BCUT2D eigenvalue weighted by atomic mass is 32.2. The molecule has 2 N–H and O–H groups in total. The number of non-ortho nitro benzene ring substituents is 1. The van der Waals surface area contributed by atoms with Gasteiger partial charge in [0.1, 0.15) is 0 Å². The summed E-state index contributed by atoms with van der Waals surface area (Å²) < 4.78 is 26.7. The Morgan fingerprint density at radius 2 is 2.00 bits per heavy atom. The number of hydrogen-bond acceptors (Lipinski definition) is 5. The van der Waals surface area contributed by atoms with E-state index < -0.39 is 14.9 Å². The van der Waals surface area contributed by atoms with Crippen molar-refractivity contribution in [1.29, 1.82) is 0 Å². The van der Waals surface area contributed by atoms with E-state index in [0.717, 1.165) is 19.4 Å². The van der Waals surface area contributed by atoms with Crippen LogP contribution in [0.4, 0.5) is 5.69 Å². The summed E-state index contributed by atoms with van der Waals surface area (Å²) in [6.45, 7) is 1.50. The summed E-state index contributed by atoms with van der Waals surface area (Å²) in [4.78, 5) is 10.00. The average molecular weight is 285 g/mol. The third-order valence-electron chi connectivity index (χ3n) is 2.98. The molecular weight excluding hydrogens is 270 g/mol. The van der Waals surface area contributed by atoms with Gasteiger partial charge >= 0.3 is 0 Å². The second-order valence-electron chi connectivity index (χ2n) is 4.42. The summed E-state index contributed by atoms with van der Waals surface area (Å²) in [6.07, 6.45) is 1.71. The SMILES string of the molecule is O=[N+]([O-])c1ccc(S(=O)(=O)NC2CCCNC2)cc1. The van der Waals surface area contributed by atoms with Crippen molar-refractivity contribution in [3.63, 3.8) is 0 Å². The predicted molar refractivity (Wildman–Crippen MR) is 69.3 cm³/mol. The van der Waals surface area contributed by atoms with Crippen LogP contribution in [0.1, 0.15) is 12.8 Å². The van der Waals surface area contributed by atoms with Crippen LogP contribution in [0.5, 0.6) is 0 Å². The van der Waals surface area contributed by atoms with Gasteiger partial charge in [0, 0.05) is 24.7 Å². The molecule has 1 aromatic rings. The van der Waals surface area contributed by atoms with Gasteiger partial charge in [-0.05, 0) is 31.5 Å². The molecule has 7 nitrogen and oxygen atoms in total. The molecule has 1 saturated heterocycles. The van der Waals surface area contributed by atoms with Crippen LogP contribution >= 0.6 is 0 Å². The number of nitro groups is 1. The second kappa shape index (κ2) is 5.64. The monoisotopic (exact) mass is 285 g/mol. The second-order valence-corrected chi connectivity index (χ2v) is 6.13. The number of sulfonamides is 1. The van der Waals surface area contributed by atoms with Crippen LogP contribution in [0.2, 0.25) is 0 Å². The van der Waals surface area contributed by atoms with Crippen LogP contribution in [-0.2, 0) is 10.0 Å². The number of rotatable bonds is 4. The zero-order chi connectivity index (χ0) is 13.9. The molecule has 1 fully saturated rings. The molecule has 2 rings (SSSR count). The Labute approximate surface area is 111 Å². The van der Waals surface area contributed by atoms with E-state index in [1.165, 1.54) is 24.3 Å². The van der Waals surface area contributed by atoms with Gasteiger partial charge in [-0.15, -0.1) is 0 Å². The van der Waals surface area contributed by atoms with Gasteiger partial charge in [0.2, 0.25) is 10.0 Å². The van der Waals surface area contributed by atoms with Crippen molar-refractivity contribution in [2.24, 2.45) is 0 Å². The summed E-state index contributed by atoms with van der Waals surface area (Å²) in [5.41, 5.74) is -0.127. The van der Waals surface area contributed by atoms with Crippen LogP contribution in [0.15, 0.2) is 29.2 Å². The van der Waals surface area contributed by atoms with E-state index in [1.807, 2.05) is 0 Å². The molecule has 0 spiro atoms. The first-order chi connectivity index (χ1) is 8.99. The molecule has 0 saturated carbocycles. The van der Waals surface area contributed by atoms with Crippen LogP contribution in [0.25, 0.3) is 0 Å². The molecule has 1 atom stereocenters. The number of nitro benzene ring substituents is 1. The van der Waals surface area contributed by atoms with Crippen molar-refractivity contribution in [2.75, 3.05) is 13.1 Å². The van der Waals surface area contributed by atoms with Crippen molar-refractivity contribution in [3.05, 3.63) is 34.4 Å².